The molecule has 2 unspecified atom stereocenters. The van der Waals surface area contributed by atoms with Gasteiger partial charge in [0, 0.05) is 23.4 Å². The summed E-state index contributed by atoms with van der Waals surface area (Å²) in [5.74, 6) is 0. The summed E-state index contributed by atoms with van der Waals surface area (Å²) < 4.78 is 0.576. The maximum absolute atomic E-state index is 3.92. The van der Waals surface area contributed by atoms with E-state index in [2.05, 4.69) is 28.2 Å². The van der Waals surface area contributed by atoms with Crippen molar-refractivity contribution in [2.24, 2.45) is 0 Å². The molecule has 0 aromatic heterocycles. The lowest BCUT2D eigenvalue weighted by Crippen LogP contribution is -2.48. The normalized spacial score (nSPS) is 35.8. The van der Waals surface area contributed by atoms with Crippen molar-refractivity contribution < 1.29 is 0 Å². The van der Waals surface area contributed by atoms with Gasteiger partial charge in [-0.3, -0.25) is 0 Å². The largest absolute Gasteiger partial charge is 0.312 e. The summed E-state index contributed by atoms with van der Waals surface area (Å²) in [6.07, 6.45) is 13.7. The number of hydrogen-bond acceptors (Lipinski definition) is 3. The molecular formula is C15H28N2S. The van der Waals surface area contributed by atoms with Crippen molar-refractivity contribution in [3.8, 4) is 0 Å². The number of thioether (sulfide) groups is 1. The molecule has 2 saturated heterocycles. The summed E-state index contributed by atoms with van der Waals surface area (Å²) >= 11 is 2.11. The van der Waals surface area contributed by atoms with E-state index >= 15 is 0 Å². The Morgan fingerprint density at radius 2 is 2.00 bits per heavy atom. The van der Waals surface area contributed by atoms with E-state index in [1.54, 1.807) is 0 Å². The van der Waals surface area contributed by atoms with Crippen molar-refractivity contribution in [1.29, 1.82) is 0 Å². The minimum atomic E-state index is 0.576. The van der Waals surface area contributed by atoms with E-state index in [1.165, 1.54) is 71.0 Å². The maximum atomic E-state index is 3.92. The van der Waals surface area contributed by atoms with Gasteiger partial charge in [0.05, 0.1) is 0 Å². The van der Waals surface area contributed by atoms with E-state index in [0.717, 1.165) is 12.1 Å². The molecule has 3 rings (SSSR count). The van der Waals surface area contributed by atoms with Crippen molar-refractivity contribution in [2.45, 2.75) is 68.2 Å². The summed E-state index contributed by atoms with van der Waals surface area (Å²) in [5.41, 5.74) is 0. The van der Waals surface area contributed by atoms with E-state index in [9.17, 15) is 0 Å². The summed E-state index contributed by atoms with van der Waals surface area (Å²) in [4.78, 5) is 2.72. The Kier molecular flexibility index (Phi) is 4.21. The fourth-order valence-electron chi connectivity index (χ4n) is 4.21. The SMILES string of the molecule is CSC1(CNC2CCN3CCCC3C2)CCCC1. The number of hydrogen-bond donors (Lipinski definition) is 1. The molecule has 2 nitrogen and oxygen atoms in total. The second-order valence-corrected chi connectivity index (χ2v) is 7.80. The van der Waals surface area contributed by atoms with E-state index in [0.29, 0.717) is 4.75 Å². The Morgan fingerprint density at radius 3 is 2.78 bits per heavy atom. The zero-order valence-corrected chi connectivity index (χ0v) is 12.6. The van der Waals surface area contributed by atoms with Crippen LogP contribution in [-0.4, -0.2) is 47.6 Å². The Bertz CT molecular complexity index is 276. The van der Waals surface area contributed by atoms with Gasteiger partial charge in [-0.2, -0.15) is 11.8 Å². The molecule has 3 aliphatic rings. The quantitative estimate of drug-likeness (QED) is 0.844. The molecule has 0 bridgehead atoms. The number of fused-ring (bicyclic) bond motifs is 1. The molecule has 0 aromatic rings. The molecule has 1 aliphatic carbocycles. The van der Waals surface area contributed by atoms with Gasteiger partial charge in [-0.15, -0.1) is 0 Å². The average Bonchev–Trinajstić information content (AvgIpc) is 3.05. The highest BCUT2D eigenvalue weighted by atomic mass is 32.2. The lowest BCUT2D eigenvalue weighted by Gasteiger charge is -2.37. The minimum Gasteiger partial charge on any atom is -0.312 e. The van der Waals surface area contributed by atoms with Gasteiger partial charge in [0.15, 0.2) is 0 Å². The van der Waals surface area contributed by atoms with E-state index < -0.39 is 0 Å². The van der Waals surface area contributed by atoms with Gasteiger partial charge in [0.25, 0.3) is 0 Å². The van der Waals surface area contributed by atoms with Gasteiger partial charge >= 0.3 is 0 Å². The van der Waals surface area contributed by atoms with Crippen LogP contribution in [0.2, 0.25) is 0 Å². The first-order chi connectivity index (χ1) is 8.81. The fraction of sp³-hybridized carbons (Fsp3) is 1.00. The first-order valence-corrected chi connectivity index (χ1v) is 9.06. The number of nitrogens with one attached hydrogen (secondary N) is 1. The standard InChI is InChI=1S/C15H28N2S/c1-18-15(7-2-3-8-15)12-16-13-6-10-17-9-4-5-14(17)11-13/h13-14,16H,2-12H2,1H3. The molecule has 0 spiro atoms. The van der Waals surface area contributed by atoms with Gasteiger partial charge in [0.2, 0.25) is 0 Å². The van der Waals surface area contributed by atoms with E-state index in [-0.39, 0.29) is 0 Å². The highest BCUT2D eigenvalue weighted by Gasteiger charge is 2.35. The molecule has 18 heavy (non-hydrogen) atoms. The molecule has 104 valence electrons. The molecule has 2 heterocycles. The van der Waals surface area contributed by atoms with Crippen LogP contribution >= 0.6 is 11.8 Å². The Labute approximate surface area is 116 Å². The molecule has 2 atom stereocenters. The van der Waals surface area contributed by atoms with Crippen LogP contribution in [0.5, 0.6) is 0 Å². The van der Waals surface area contributed by atoms with Crippen LogP contribution in [0.1, 0.15) is 51.4 Å². The van der Waals surface area contributed by atoms with Crippen LogP contribution in [0.3, 0.4) is 0 Å². The van der Waals surface area contributed by atoms with Crippen LogP contribution in [-0.2, 0) is 0 Å². The molecule has 0 amide bonds. The zero-order valence-electron chi connectivity index (χ0n) is 11.8. The molecule has 0 aromatic carbocycles. The third kappa shape index (κ3) is 2.73. The van der Waals surface area contributed by atoms with Crippen molar-refractivity contribution >= 4 is 11.8 Å². The Hall–Kier alpha value is 0.270. The Balaban J connectivity index is 1.48. The van der Waals surface area contributed by atoms with Crippen molar-refractivity contribution in [3.63, 3.8) is 0 Å². The van der Waals surface area contributed by atoms with Gasteiger partial charge in [-0.1, -0.05) is 12.8 Å². The maximum Gasteiger partial charge on any atom is 0.0281 e. The van der Waals surface area contributed by atoms with Crippen LogP contribution in [0, 0.1) is 0 Å². The lowest BCUT2D eigenvalue weighted by molar-refractivity contribution is 0.165. The Morgan fingerprint density at radius 1 is 1.17 bits per heavy atom. The average molecular weight is 268 g/mol. The predicted octanol–water partition coefficient (Wildman–Crippen LogP) is 2.88. The van der Waals surface area contributed by atoms with Gasteiger partial charge in [0.1, 0.15) is 0 Å². The van der Waals surface area contributed by atoms with Crippen molar-refractivity contribution in [2.75, 3.05) is 25.9 Å². The predicted molar refractivity (Wildman–Crippen MR) is 80.3 cm³/mol. The lowest BCUT2D eigenvalue weighted by atomic mass is 9.96. The highest BCUT2D eigenvalue weighted by Crippen LogP contribution is 2.40. The van der Waals surface area contributed by atoms with E-state index in [4.69, 9.17) is 0 Å². The summed E-state index contributed by atoms with van der Waals surface area (Å²) in [7, 11) is 0. The highest BCUT2D eigenvalue weighted by molar-refractivity contribution is 8.00. The molecule has 2 aliphatic heterocycles. The number of nitrogens with zero attached hydrogens (tertiary/aromatic N) is 1. The summed E-state index contributed by atoms with van der Waals surface area (Å²) in [6, 6.07) is 1.71. The molecule has 3 heteroatoms. The van der Waals surface area contributed by atoms with Gasteiger partial charge in [-0.25, -0.2) is 0 Å². The number of rotatable bonds is 4. The zero-order chi connectivity index (χ0) is 12.4. The second-order valence-electron chi connectivity index (χ2n) is 6.53. The monoisotopic (exact) mass is 268 g/mol. The minimum absolute atomic E-state index is 0.576. The molecule has 3 fully saturated rings. The molecule has 0 radical (unpaired) electrons. The summed E-state index contributed by atoms with van der Waals surface area (Å²) in [5, 5.41) is 3.92. The first-order valence-electron chi connectivity index (χ1n) is 7.84. The van der Waals surface area contributed by atoms with Crippen LogP contribution in [0.15, 0.2) is 0 Å². The molecular weight excluding hydrogens is 240 g/mol. The molecule has 1 N–H and O–H groups in total. The van der Waals surface area contributed by atoms with Crippen LogP contribution < -0.4 is 5.32 Å². The first kappa shape index (κ1) is 13.3. The second kappa shape index (κ2) is 5.72. The third-order valence-electron chi connectivity index (χ3n) is 5.48. The number of piperidine rings is 1. The van der Waals surface area contributed by atoms with Gasteiger partial charge in [-0.05, 0) is 57.9 Å². The van der Waals surface area contributed by atoms with Crippen molar-refractivity contribution in [3.05, 3.63) is 0 Å². The van der Waals surface area contributed by atoms with Crippen LogP contribution in [0.25, 0.3) is 0 Å². The van der Waals surface area contributed by atoms with Crippen molar-refractivity contribution in [1.82, 2.24) is 10.2 Å². The van der Waals surface area contributed by atoms with E-state index in [1.807, 2.05) is 0 Å². The third-order valence-corrected chi connectivity index (χ3v) is 6.90. The summed E-state index contributed by atoms with van der Waals surface area (Å²) in [6.45, 7) is 3.96. The smallest absolute Gasteiger partial charge is 0.0281 e. The fourth-order valence-corrected chi connectivity index (χ4v) is 5.14. The topological polar surface area (TPSA) is 15.3 Å². The molecule has 1 saturated carbocycles. The van der Waals surface area contributed by atoms with Crippen LogP contribution in [0.4, 0.5) is 0 Å². The van der Waals surface area contributed by atoms with Gasteiger partial charge < -0.3 is 10.2 Å².